The van der Waals surface area contributed by atoms with Crippen LogP contribution in [0, 0.1) is 0 Å². The van der Waals surface area contributed by atoms with Crippen LogP contribution < -0.4 is 0 Å². The van der Waals surface area contributed by atoms with Crippen molar-refractivity contribution in [2.75, 3.05) is 13.7 Å². The van der Waals surface area contributed by atoms with E-state index in [1.807, 2.05) is 24.3 Å². The van der Waals surface area contributed by atoms with Crippen LogP contribution in [0.3, 0.4) is 0 Å². The third-order valence-corrected chi connectivity index (χ3v) is 5.66. The number of amides is 1. The molecule has 3 rings (SSSR count). The molecule has 0 bridgehead atoms. The van der Waals surface area contributed by atoms with Gasteiger partial charge in [0.05, 0.1) is 18.4 Å². The first kappa shape index (κ1) is 20.7. The first-order chi connectivity index (χ1) is 14.0. The first-order valence-corrected chi connectivity index (χ1v) is 10.0. The number of ketones is 1. The maximum absolute atomic E-state index is 12.6. The Morgan fingerprint density at radius 2 is 1.83 bits per heavy atom. The predicted octanol–water partition coefficient (Wildman–Crippen LogP) is 2.38. The summed E-state index contributed by atoms with van der Waals surface area (Å²) >= 11 is 1.31. The van der Waals surface area contributed by atoms with Gasteiger partial charge in [0.1, 0.15) is 6.04 Å². The van der Waals surface area contributed by atoms with Crippen LogP contribution in [-0.4, -0.2) is 48.3 Å². The number of Topliss-reactive ketones (excluding diaryl/α,β-unsaturated/α-hetero) is 1. The Bertz CT molecular complexity index is 908. The summed E-state index contributed by atoms with van der Waals surface area (Å²) in [5.41, 5.74) is 1.92. The number of carbonyl (C=O) groups excluding carboxylic acids is 4. The number of esters is 2. The van der Waals surface area contributed by atoms with Gasteiger partial charge in [0.25, 0.3) is 5.91 Å². The van der Waals surface area contributed by atoms with Crippen molar-refractivity contribution in [3.63, 3.8) is 0 Å². The summed E-state index contributed by atoms with van der Waals surface area (Å²) in [6.07, 6.45) is 0.264. The lowest BCUT2D eigenvalue weighted by atomic mass is 9.94. The molecular formula is C21H21NO6S. The van der Waals surface area contributed by atoms with Crippen LogP contribution in [0.4, 0.5) is 0 Å². The number of ether oxygens (including phenoxy) is 2. The standard InChI is InChI=1S/C21H21NO6S/c1-27-21(26)16-11-14-5-2-3-6-15(14)12-22(16)19(24)13-28-20(25)9-8-17(23)18-7-4-10-29-18/h2-7,10,16H,8-9,11-13H2,1H3/t16-/m0/s1. The van der Waals surface area contributed by atoms with Crippen molar-refractivity contribution in [2.45, 2.75) is 31.8 Å². The van der Waals surface area contributed by atoms with E-state index >= 15 is 0 Å². The average Bonchev–Trinajstić information content (AvgIpc) is 3.29. The molecule has 0 aliphatic carbocycles. The molecule has 0 saturated carbocycles. The van der Waals surface area contributed by atoms with E-state index in [2.05, 4.69) is 0 Å². The molecule has 152 valence electrons. The smallest absolute Gasteiger partial charge is 0.328 e. The van der Waals surface area contributed by atoms with Crippen molar-refractivity contribution in [1.29, 1.82) is 0 Å². The zero-order chi connectivity index (χ0) is 20.8. The predicted molar refractivity (Wildman–Crippen MR) is 105 cm³/mol. The summed E-state index contributed by atoms with van der Waals surface area (Å²) < 4.78 is 9.88. The quantitative estimate of drug-likeness (QED) is 0.510. The fourth-order valence-electron chi connectivity index (χ4n) is 3.21. The largest absolute Gasteiger partial charge is 0.467 e. The summed E-state index contributed by atoms with van der Waals surface area (Å²) in [4.78, 5) is 50.6. The summed E-state index contributed by atoms with van der Waals surface area (Å²) in [6.45, 7) is -0.245. The molecule has 8 heteroatoms. The normalized spacial score (nSPS) is 15.3. The number of thiophene rings is 1. The van der Waals surface area contributed by atoms with Gasteiger partial charge in [0, 0.05) is 19.4 Å². The Hall–Kier alpha value is -3.00. The molecule has 1 amide bonds. The molecule has 1 aromatic carbocycles. The van der Waals surface area contributed by atoms with E-state index in [-0.39, 0.29) is 25.2 Å². The summed E-state index contributed by atoms with van der Waals surface area (Å²) in [5.74, 6) is -1.76. The number of methoxy groups -OCH3 is 1. The molecule has 1 aromatic heterocycles. The fourth-order valence-corrected chi connectivity index (χ4v) is 3.90. The zero-order valence-electron chi connectivity index (χ0n) is 16.0. The highest BCUT2D eigenvalue weighted by atomic mass is 32.1. The number of carbonyl (C=O) groups is 4. The lowest BCUT2D eigenvalue weighted by Gasteiger charge is -2.35. The van der Waals surface area contributed by atoms with Gasteiger partial charge in [-0.15, -0.1) is 11.3 Å². The molecule has 7 nitrogen and oxygen atoms in total. The molecule has 29 heavy (non-hydrogen) atoms. The maximum atomic E-state index is 12.6. The molecule has 0 fully saturated rings. The van der Waals surface area contributed by atoms with E-state index in [1.54, 1.807) is 17.5 Å². The molecule has 0 N–H and O–H groups in total. The average molecular weight is 415 g/mol. The molecule has 0 unspecified atom stereocenters. The number of rotatable bonds is 7. The summed E-state index contributed by atoms with van der Waals surface area (Å²) in [6, 6.07) is 10.3. The number of nitrogens with zero attached hydrogens (tertiary/aromatic N) is 1. The molecule has 1 aliphatic rings. The van der Waals surface area contributed by atoms with Crippen LogP contribution in [0.15, 0.2) is 41.8 Å². The van der Waals surface area contributed by atoms with Gasteiger partial charge >= 0.3 is 11.9 Å². The first-order valence-electron chi connectivity index (χ1n) is 9.16. The van der Waals surface area contributed by atoms with E-state index in [4.69, 9.17) is 9.47 Å². The molecule has 1 aliphatic heterocycles. The monoisotopic (exact) mass is 415 g/mol. The van der Waals surface area contributed by atoms with Crippen molar-refractivity contribution in [3.05, 3.63) is 57.8 Å². The van der Waals surface area contributed by atoms with Gasteiger partial charge in [0.15, 0.2) is 12.4 Å². The van der Waals surface area contributed by atoms with E-state index in [1.165, 1.54) is 23.3 Å². The highest BCUT2D eigenvalue weighted by Gasteiger charge is 2.35. The van der Waals surface area contributed by atoms with Crippen molar-refractivity contribution in [2.24, 2.45) is 0 Å². The summed E-state index contributed by atoms with van der Waals surface area (Å²) in [5, 5.41) is 1.79. The lowest BCUT2D eigenvalue weighted by Crippen LogP contribution is -2.50. The SMILES string of the molecule is COC(=O)[C@@H]1Cc2ccccc2CN1C(=O)COC(=O)CCC(=O)c1cccs1. The molecule has 0 spiro atoms. The van der Waals surface area contributed by atoms with Crippen molar-refractivity contribution in [3.8, 4) is 0 Å². The van der Waals surface area contributed by atoms with Gasteiger partial charge in [-0.3, -0.25) is 14.4 Å². The number of fused-ring (bicyclic) bond motifs is 1. The minimum absolute atomic E-state index is 0.0232. The lowest BCUT2D eigenvalue weighted by molar-refractivity contribution is -0.159. The highest BCUT2D eigenvalue weighted by Crippen LogP contribution is 2.24. The van der Waals surface area contributed by atoms with Crippen LogP contribution in [-0.2, 0) is 36.8 Å². The number of benzene rings is 1. The number of hydrogen-bond acceptors (Lipinski definition) is 7. The Labute approximate surface area is 172 Å². The number of hydrogen-bond donors (Lipinski definition) is 0. The van der Waals surface area contributed by atoms with Gasteiger partial charge in [-0.2, -0.15) is 0 Å². The zero-order valence-corrected chi connectivity index (χ0v) is 16.8. The van der Waals surface area contributed by atoms with Crippen LogP contribution in [0.1, 0.15) is 33.6 Å². The van der Waals surface area contributed by atoms with Crippen LogP contribution in [0.5, 0.6) is 0 Å². The van der Waals surface area contributed by atoms with E-state index in [9.17, 15) is 19.2 Å². The Kier molecular flexibility index (Phi) is 6.77. The van der Waals surface area contributed by atoms with Gasteiger partial charge in [-0.1, -0.05) is 30.3 Å². The van der Waals surface area contributed by atoms with Gasteiger partial charge < -0.3 is 14.4 Å². The van der Waals surface area contributed by atoms with Crippen molar-refractivity contribution < 1.29 is 28.7 Å². The minimum atomic E-state index is -0.762. The third-order valence-electron chi connectivity index (χ3n) is 4.75. The molecule has 1 atom stereocenters. The third kappa shape index (κ3) is 5.08. The van der Waals surface area contributed by atoms with Crippen molar-refractivity contribution in [1.82, 2.24) is 4.90 Å². The topological polar surface area (TPSA) is 90.0 Å². The van der Waals surface area contributed by atoms with E-state index in [0.717, 1.165) is 11.1 Å². The van der Waals surface area contributed by atoms with Crippen LogP contribution in [0.25, 0.3) is 0 Å². The Morgan fingerprint density at radius 1 is 1.07 bits per heavy atom. The second kappa shape index (κ2) is 9.47. The Balaban J connectivity index is 1.56. The highest BCUT2D eigenvalue weighted by molar-refractivity contribution is 7.12. The minimum Gasteiger partial charge on any atom is -0.467 e. The van der Waals surface area contributed by atoms with Gasteiger partial charge in [0.2, 0.25) is 0 Å². The van der Waals surface area contributed by atoms with Gasteiger partial charge in [-0.05, 0) is 22.6 Å². The Morgan fingerprint density at radius 3 is 2.52 bits per heavy atom. The maximum Gasteiger partial charge on any atom is 0.328 e. The van der Waals surface area contributed by atoms with E-state index < -0.39 is 30.5 Å². The van der Waals surface area contributed by atoms with E-state index in [0.29, 0.717) is 11.3 Å². The van der Waals surface area contributed by atoms with Crippen molar-refractivity contribution >= 4 is 35.0 Å². The second-order valence-corrected chi connectivity index (χ2v) is 7.54. The molecule has 2 heterocycles. The summed E-state index contributed by atoms with van der Waals surface area (Å²) in [7, 11) is 1.27. The molecule has 0 radical (unpaired) electrons. The molecular weight excluding hydrogens is 394 g/mol. The van der Waals surface area contributed by atoms with Gasteiger partial charge in [-0.25, -0.2) is 4.79 Å². The molecule has 2 aromatic rings. The fraction of sp³-hybridized carbons (Fsp3) is 0.333. The molecule has 0 saturated heterocycles. The van der Waals surface area contributed by atoms with Crippen LogP contribution in [0.2, 0.25) is 0 Å². The second-order valence-electron chi connectivity index (χ2n) is 6.59. The van der Waals surface area contributed by atoms with Crippen LogP contribution >= 0.6 is 11.3 Å².